The third-order valence-electron chi connectivity index (χ3n) is 5.64. The van der Waals surface area contributed by atoms with Crippen molar-refractivity contribution in [3.63, 3.8) is 0 Å². The van der Waals surface area contributed by atoms with E-state index in [2.05, 4.69) is 15.5 Å². The Labute approximate surface area is 155 Å². The number of nitrogens with one attached hydrogen (secondary N) is 2. The first-order valence-corrected chi connectivity index (χ1v) is 9.05. The number of carbonyl (C=O) groups is 2. The Kier molecular flexibility index (Phi) is 3.91. The fourth-order valence-electron chi connectivity index (χ4n) is 4.46. The van der Waals surface area contributed by atoms with Crippen LogP contribution in [0.3, 0.4) is 0 Å². The van der Waals surface area contributed by atoms with Crippen molar-refractivity contribution in [3.8, 4) is 0 Å². The molecule has 0 aliphatic carbocycles. The third kappa shape index (κ3) is 2.38. The highest BCUT2D eigenvalue weighted by Gasteiger charge is 2.59. The number of nitrogens with zero attached hydrogens (tertiary/aromatic N) is 2. The van der Waals surface area contributed by atoms with Gasteiger partial charge in [0.2, 0.25) is 11.8 Å². The average Bonchev–Trinajstić information content (AvgIpc) is 2.85. The molecule has 3 heterocycles. The van der Waals surface area contributed by atoms with Gasteiger partial charge in [0.15, 0.2) is 10.5 Å². The predicted octanol–water partition coefficient (Wildman–Crippen LogP) is 1.42. The summed E-state index contributed by atoms with van der Waals surface area (Å²) in [7, 11) is 0. The fraction of sp³-hybridized carbons (Fsp3) is 0.471. The fourth-order valence-corrected chi connectivity index (χ4v) is 4.65. The van der Waals surface area contributed by atoms with E-state index in [4.69, 9.17) is 12.2 Å². The molecule has 3 aliphatic heterocycles. The van der Waals surface area contributed by atoms with Gasteiger partial charge >= 0.3 is 0 Å². The summed E-state index contributed by atoms with van der Waals surface area (Å²) in [6, 6.07) is 4.41. The first kappa shape index (κ1) is 16.9. The van der Waals surface area contributed by atoms with Crippen molar-refractivity contribution in [2.75, 3.05) is 11.4 Å². The first-order chi connectivity index (χ1) is 12.4. The molecule has 2 N–H and O–H groups in total. The van der Waals surface area contributed by atoms with E-state index in [9.17, 15) is 19.7 Å². The minimum absolute atomic E-state index is 0.00985. The molecule has 0 saturated carbocycles. The lowest BCUT2D eigenvalue weighted by Gasteiger charge is -2.50. The molecule has 26 heavy (non-hydrogen) atoms. The van der Waals surface area contributed by atoms with E-state index < -0.39 is 22.2 Å². The number of nitro groups is 1. The molecule has 0 radical (unpaired) electrons. The number of hydrogen-bond donors (Lipinski definition) is 2. The smallest absolute Gasteiger partial charge is 0.269 e. The van der Waals surface area contributed by atoms with E-state index in [1.807, 2.05) is 0 Å². The van der Waals surface area contributed by atoms with Gasteiger partial charge in [-0.25, -0.2) is 0 Å². The summed E-state index contributed by atoms with van der Waals surface area (Å²) in [6.45, 7) is 0.711. The molecule has 1 aromatic carbocycles. The highest BCUT2D eigenvalue weighted by molar-refractivity contribution is 7.80. The van der Waals surface area contributed by atoms with E-state index in [-0.39, 0.29) is 23.3 Å². The lowest BCUT2D eigenvalue weighted by Crippen LogP contribution is -2.71. The van der Waals surface area contributed by atoms with Crippen molar-refractivity contribution in [2.24, 2.45) is 5.41 Å². The summed E-state index contributed by atoms with van der Waals surface area (Å²) in [6.07, 6.45) is 3.74. The summed E-state index contributed by atoms with van der Waals surface area (Å²) < 4.78 is 0. The van der Waals surface area contributed by atoms with Crippen LogP contribution >= 0.6 is 12.2 Å². The number of rotatable bonds is 1. The van der Waals surface area contributed by atoms with Crippen LogP contribution in [0.5, 0.6) is 0 Å². The molecule has 8 nitrogen and oxygen atoms in total. The number of hydrogen-bond acceptors (Lipinski definition) is 6. The zero-order chi connectivity index (χ0) is 18.5. The molecule has 2 saturated heterocycles. The SMILES string of the molecule is O=C1NC(=S)NC(=O)C12Cc1cc([N+](=O)[O-])ccc1N1CCCCC[C@@H]12. The Hall–Kier alpha value is -2.55. The Morgan fingerprint density at radius 2 is 1.92 bits per heavy atom. The van der Waals surface area contributed by atoms with Crippen molar-refractivity contribution < 1.29 is 14.5 Å². The van der Waals surface area contributed by atoms with Gasteiger partial charge in [-0.15, -0.1) is 0 Å². The zero-order valence-electron chi connectivity index (χ0n) is 14.0. The first-order valence-electron chi connectivity index (χ1n) is 8.64. The van der Waals surface area contributed by atoms with Gasteiger partial charge in [0.05, 0.1) is 11.0 Å². The van der Waals surface area contributed by atoms with E-state index in [0.29, 0.717) is 18.5 Å². The summed E-state index contributed by atoms with van der Waals surface area (Å²) in [5, 5.41) is 16.4. The van der Waals surface area contributed by atoms with Crippen LogP contribution < -0.4 is 15.5 Å². The molecule has 2 fully saturated rings. The van der Waals surface area contributed by atoms with E-state index in [1.54, 1.807) is 6.07 Å². The number of fused-ring (bicyclic) bond motifs is 4. The second kappa shape index (κ2) is 6.01. The second-order valence-corrected chi connectivity index (χ2v) is 7.42. The van der Waals surface area contributed by atoms with Gasteiger partial charge in [-0.2, -0.15) is 0 Å². The standard InChI is InChI=1S/C17H18N4O4S/c22-14-17(15(23)19-16(26)18-14)9-10-8-11(21(24)25)5-6-12(10)20-7-3-1-2-4-13(17)20/h5-6,8,13H,1-4,7,9H2,(H2,18,19,22,23,26)/t13-/m1/s1. The maximum absolute atomic E-state index is 13.0. The zero-order valence-corrected chi connectivity index (χ0v) is 14.8. The minimum atomic E-state index is -1.32. The van der Waals surface area contributed by atoms with Crippen molar-refractivity contribution in [1.29, 1.82) is 0 Å². The Morgan fingerprint density at radius 3 is 2.62 bits per heavy atom. The summed E-state index contributed by atoms with van der Waals surface area (Å²) in [5.74, 6) is -0.833. The highest BCUT2D eigenvalue weighted by atomic mass is 32.1. The van der Waals surface area contributed by atoms with Gasteiger partial charge in [0, 0.05) is 30.8 Å². The van der Waals surface area contributed by atoms with E-state index in [1.165, 1.54) is 12.1 Å². The molecule has 1 atom stereocenters. The molecule has 2 amide bonds. The van der Waals surface area contributed by atoms with Gasteiger partial charge in [0.1, 0.15) is 0 Å². The topological polar surface area (TPSA) is 105 Å². The van der Waals surface area contributed by atoms with Gasteiger partial charge < -0.3 is 15.5 Å². The number of carbonyl (C=O) groups excluding carboxylic acids is 2. The number of benzene rings is 1. The largest absolute Gasteiger partial charge is 0.367 e. The molecular formula is C17H18N4O4S. The molecule has 0 aromatic heterocycles. The number of non-ortho nitro benzene ring substituents is 1. The van der Waals surface area contributed by atoms with Crippen molar-refractivity contribution in [3.05, 3.63) is 33.9 Å². The molecule has 1 aromatic rings. The van der Waals surface area contributed by atoms with Crippen LogP contribution in [0.15, 0.2) is 18.2 Å². The lowest BCUT2D eigenvalue weighted by molar-refractivity contribution is -0.384. The van der Waals surface area contributed by atoms with Gasteiger partial charge in [-0.3, -0.25) is 19.7 Å². The van der Waals surface area contributed by atoms with Gasteiger partial charge in [-0.05, 0) is 36.7 Å². The molecule has 0 bridgehead atoms. The third-order valence-corrected chi connectivity index (χ3v) is 5.84. The quantitative estimate of drug-likeness (QED) is 0.333. The van der Waals surface area contributed by atoms with Crippen LogP contribution in [-0.4, -0.2) is 34.4 Å². The molecule has 136 valence electrons. The van der Waals surface area contributed by atoms with Crippen LogP contribution in [0.1, 0.15) is 31.2 Å². The van der Waals surface area contributed by atoms with Crippen molar-refractivity contribution in [1.82, 2.24) is 10.6 Å². The Balaban J connectivity index is 1.89. The molecule has 0 unspecified atom stereocenters. The van der Waals surface area contributed by atoms with Crippen LogP contribution in [0.25, 0.3) is 0 Å². The molecule has 3 aliphatic rings. The molecule has 4 rings (SSSR count). The van der Waals surface area contributed by atoms with Gasteiger partial charge in [0.25, 0.3) is 5.69 Å². The average molecular weight is 374 g/mol. The molecular weight excluding hydrogens is 356 g/mol. The highest BCUT2D eigenvalue weighted by Crippen LogP contribution is 2.46. The lowest BCUT2D eigenvalue weighted by atomic mass is 9.67. The molecule has 9 heteroatoms. The maximum Gasteiger partial charge on any atom is 0.269 e. The number of amides is 2. The molecule has 1 spiro atoms. The van der Waals surface area contributed by atoms with Crippen LogP contribution in [0, 0.1) is 15.5 Å². The summed E-state index contributed by atoms with van der Waals surface area (Å²) in [4.78, 5) is 38.7. The van der Waals surface area contributed by atoms with Crippen LogP contribution in [-0.2, 0) is 16.0 Å². The number of nitro benzene ring substituents is 1. The van der Waals surface area contributed by atoms with Gasteiger partial charge in [-0.1, -0.05) is 12.8 Å². The minimum Gasteiger partial charge on any atom is -0.367 e. The monoisotopic (exact) mass is 374 g/mol. The number of thiocarbonyl (C=S) groups is 1. The van der Waals surface area contributed by atoms with E-state index >= 15 is 0 Å². The normalized spacial score (nSPS) is 24.2. The van der Waals surface area contributed by atoms with Crippen LogP contribution in [0.2, 0.25) is 0 Å². The predicted molar refractivity (Wildman–Crippen MR) is 97.7 cm³/mol. The maximum atomic E-state index is 13.0. The van der Waals surface area contributed by atoms with Crippen LogP contribution in [0.4, 0.5) is 11.4 Å². The Morgan fingerprint density at radius 1 is 1.19 bits per heavy atom. The number of anilines is 1. The van der Waals surface area contributed by atoms with Crippen molar-refractivity contribution in [2.45, 2.75) is 38.1 Å². The van der Waals surface area contributed by atoms with Crippen molar-refractivity contribution >= 4 is 40.5 Å². The van der Waals surface area contributed by atoms with E-state index in [0.717, 1.165) is 24.9 Å². The summed E-state index contributed by atoms with van der Waals surface area (Å²) >= 11 is 4.95. The summed E-state index contributed by atoms with van der Waals surface area (Å²) in [5.41, 5.74) is 0.158. The second-order valence-electron chi connectivity index (χ2n) is 7.01. The Bertz CT molecular complexity index is 820.